The average Bonchev–Trinajstić information content (AvgIpc) is 2.75. The first-order chi connectivity index (χ1) is 14.1. The van der Waals surface area contributed by atoms with Gasteiger partial charge in [-0.15, -0.1) is 0 Å². The minimum atomic E-state index is -0.192. The van der Waals surface area contributed by atoms with Crippen molar-refractivity contribution in [3.8, 4) is 5.75 Å². The maximum absolute atomic E-state index is 13.1. The highest BCUT2D eigenvalue weighted by molar-refractivity contribution is 5.95. The minimum absolute atomic E-state index is 0.0703. The largest absolute Gasteiger partial charge is 0.486 e. The van der Waals surface area contributed by atoms with Crippen LogP contribution in [0.2, 0.25) is 0 Å². The van der Waals surface area contributed by atoms with E-state index < -0.39 is 0 Å². The Morgan fingerprint density at radius 1 is 1.07 bits per heavy atom. The number of hydrogen-bond acceptors (Lipinski definition) is 3. The molecule has 2 aliphatic heterocycles. The van der Waals surface area contributed by atoms with Gasteiger partial charge in [0, 0.05) is 30.2 Å². The number of quaternary nitrogens is 1. The molecule has 5 rings (SSSR count). The summed E-state index contributed by atoms with van der Waals surface area (Å²) in [6.45, 7) is 2.18. The van der Waals surface area contributed by atoms with Crippen LogP contribution in [-0.2, 0) is 0 Å². The molecule has 1 saturated heterocycles. The number of carbonyl (C=O) groups excluding carboxylic acids is 1. The molecule has 0 aliphatic carbocycles. The number of rotatable bonds is 2. The summed E-state index contributed by atoms with van der Waals surface area (Å²) in [7, 11) is 2.23. The zero-order chi connectivity index (χ0) is 19.8. The fourth-order valence-corrected chi connectivity index (χ4v) is 4.61. The summed E-state index contributed by atoms with van der Waals surface area (Å²) in [5, 5.41) is 4.29. The van der Waals surface area contributed by atoms with Crippen LogP contribution >= 0.6 is 0 Å². The van der Waals surface area contributed by atoms with E-state index in [1.807, 2.05) is 48.5 Å². The van der Waals surface area contributed by atoms with Crippen LogP contribution in [0.1, 0.15) is 41.4 Å². The summed E-state index contributed by atoms with van der Waals surface area (Å²) in [6.07, 6.45) is 2.82. The summed E-state index contributed by atoms with van der Waals surface area (Å²) >= 11 is 0. The van der Waals surface area contributed by atoms with Gasteiger partial charge in [0.25, 0.3) is 5.91 Å². The van der Waals surface area contributed by atoms with E-state index in [0.29, 0.717) is 5.69 Å². The number of para-hydroxylation sites is 2. The van der Waals surface area contributed by atoms with Crippen molar-refractivity contribution in [2.75, 3.05) is 20.1 Å². The smallest absolute Gasteiger partial charge is 0.270 e. The van der Waals surface area contributed by atoms with Crippen molar-refractivity contribution in [3.05, 3.63) is 71.9 Å². The Balaban J connectivity index is 1.43. The number of benzene rings is 2. The lowest BCUT2D eigenvalue weighted by molar-refractivity contribution is -0.887. The molecule has 0 bridgehead atoms. The summed E-state index contributed by atoms with van der Waals surface area (Å²) in [5.74, 6) is 0.765. The van der Waals surface area contributed by atoms with Crippen molar-refractivity contribution in [1.29, 1.82) is 0 Å². The van der Waals surface area contributed by atoms with Gasteiger partial charge >= 0.3 is 0 Å². The predicted molar refractivity (Wildman–Crippen MR) is 112 cm³/mol. The van der Waals surface area contributed by atoms with Crippen molar-refractivity contribution >= 4 is 16.8 Å². The van der Waals surface area contributed by atoms with E-state index in [9.17, 15) is 4.79 Å². The first kappa shape index (κ1) is 18.1. The molecule has 148 valence electrons. The number of carbonyl (C=O) groups is 1. The Labute approximate surface area is 170 Å². The minimum Gasteiger partial charge on any atom is -0.486 e. The van der Waals surface area contributed by atoms with Crippen molar-refractivity contribution in [2.24, 2.45) is 0 Å². The van der Waals surface area contributed by atoms with E-state index in [0.717, 1.165) is 54.6 Å². The molecule has 1 aromatic heterocycles. The molecule has 0 radical (unpaired) electrons. The molecule has 2 aromatic carbocycles. The second kappa shape index (κ2) is 7.16. The van der Waals surface area contributed by atoms with E-state index in [1.54, 1.807) is 11.0 Å². The van der Waals surface area contributed by atoms with E-state index in [2.05, 4.69) is 23.4 Å². The third-order valence-electron chi connectivity index (χ3n) is 6.35. The first-order valence-corrected chi connectivity index (χ1v) is 10.4. The van der Waals surface area contributed by atoms with Gasteiger partial charge in [0.2, 0.25) is 0 Å². The molecule has 1 spiro atoms. The molecule has 1 amide bonds. The van der Waals surface area contributed by atoms with Crippen LogP contribution in [0.15, 0.2) is 60.7 Å². The monoisotopic (exact) mass is 388 g/mol. The SMILES string of the molecule is C[NH+]1CCC2(CC1)C[C@@H](NC(=O)c1ccc3ccccc3n1)c1ccccc1O2. The van der Waals surface area contributed by atoms with Gasteiger partial charge < -0.3 is 15.0 Å². The number of aromatic nitrogens is 1. The zero-order valence-corrected chi connectivity index (χ0v) is 16.7. The second-order valence-corrected chi connectivity index (χ2v) is 8.40. The molecule has 1 fully saturated rings. The number of likely N-dealkylation sites (tertiary alicyclic amines) is 1. The molecule has 2 N–H and O–H groups in total. The lowest BCUT2D eigenvalue weighted by Crippen LogP contribution is -3.10. The molecular weight excluding hydrogens is 362 g/mol. The van der Waals surface area contributed by atoms with Crippen LogP contribution in [-0.4, -0.2) is 36.6 Å². The number of nitrogens with one attached hydrogen (secondary N) is 2. The highest BCUT2D eigenvalue weighted by Gasteiger charge is 2.44. The number of nitrogens with zero attached hydrogens (tertiary/aromatic N) is 1. The van der Waals surface area contributed by atoms with Crippen molar-refractivity contribution < 1.29 is 14.4 Å². The Morgan fingerprint density at radius 3 is 2.69 bits per heavy atom. The molecule has 5 nitrogen and oxygen atoms in total. The van der Waals surface area contributed by atoms with Gasteiger partial charge in [-0.05, 0) is 18.2 Å². The highest BCUT2D eigenvalue weighted by atomic mass is 16.5. The number of piperidine rings is 1. The summed E-state index contributed by atoms with van der Waals surface area (Å²) in [6, 6.07) is 19.6. The van der Waals surface area contributed by atoms with Crippen molar-refractivity contribution in [2.45, 2.75) is 30.9 Å². The molecule has 3 aromatic rings. The van der Waals surface area contributed by atoms with Crippen molar-refractivity contribution in [1.82, 2.24) is 10.3 Å². The number of hydrogen-bond donors (Lipinski definition) is 2. The third kappa shape index (κ3) is 3.47. The Hall–Kier alpha value is -2.92. The molecular formula is C24H26N3O2+. The molecule has 1 atom stereocenters. The highest BCUT2D eigenvalue weighted by Crippen LogP contribution is 2.43. The Morgan fingerprint density at radius 2 is 1.83 bits per heavy atom. The fourth-order valence-electron chi connectivity index (χ4n) is 4.61. The van der Waals surface area contributed by atoms with Crippen LogP contribution in [0.4, 0.5) is 0 Å². The van der Waals surface area contributed by atoms with Gasteiger partial charge in [-0.1, -0.05) is 42.5 Å². The van der Waals surface area contributed by atoms with Crippen LogP contribution in [0.25, 0.3) is 10.9 Å². The zero-order valence-electron chi connectivity index (χ0n) is 16.7. The second-order valence-electron chi connectivity index (χ2n) is 8.40. The van der Waals surface area contributed by atoms with Gasteiger partial charge in [-0.2, -0.15) is 0 Å². The van der Waals surface area contributed by atoms with Crippen LogP contribution < -0.4 is 15.0 Å². The summed E-state index contributed by atoms with van der Waals surface area (Å²) < 4.78 is 6.50. The van der Waals surface area contributed by atoms with Gasteiger partial charge in [-0.3, -0.25) is 4.79 Å². The fraction of sp³-hybridized carbons (Fsp3) is 0.333. The number of amides is 1. The van der Waals surface area contributed by atoms with Crippen LogP contribution in [0.5, 0.6) is 5.75 Å². The topological polar surface area (TPSA) is 55.7 Å². The normalized spacial score (nSPS) is 26.0. The van der Waals surface area contributed by atoms with Gasteiger partial charge in [-0.25, -0.2) is 4.98 Å². The number of ether oxygens (including phenoxy) is 1. The third-order valence-corrected chi connectivity index (χ3v) is 6.35. The summed E-state index contributed by atoms with van der Waals surface area (Å²) in [4.78, 5) is 19.2. The van der Waals surface area contributed by atoms with Crippen LogP contribution in [0, 0.1) is 0 Å². The summed E-state index contributed by atoms with van der Waals surface area (Å²) in [5.41, 5.74) is 2.15. The van der Waals surface area contributed by atoms with E-state index in [-0.39, 0.29) is 17.6 Å². The predicted octanol–water partition coefficient (Wildman–Crippen LogP) is 2.54. The standard InChI is InChI=1S/C24H25N3O2/c1-27-14-12-24(13-15-27)16-21(18-7-3-5-9-22(18)29-24)26-23(28)20-11-10-17-6-2-4-8-19(17)25-20/h2-11,21H,12-16H2,1H3,(H,26,28)/p+1/t21-/m1/s1. The first-order valence-electron chi connectivity index (χ1n) is 10.4. The lowest BCUT2D eigenvalue weighted by Gasteiger charge is -2.45. The lowest BCUT2D eigenvalue weighted by atomic mass is 9.80. The van der Waals surface area contributed by atoms with Gasteiger partial charge in [0.15, 0.2) is 0 Å². The van der Waals surface area contributed by atoms with Crippen molar-refractivity contribution in [3.63, 3.8) is 0 Å². The van der Waals surface area contributed by atoms with Gasteiger partial charge in [0.05, 0.1) is 31.7 Å². The number of fused-ring (bicyclic) bond motifs is 2. The average molecular weight is 388 g/mol. The maximum Gasteiger partial charge on any atom is 0.270 e. The number of pyridine rings is 1. The van der Waals surface area contributed by atoms with E-state index in [1.165, 1.54) is 0 Å². The molecule has 3 heterocycles. The molecule has 5 heteroatoms. The van der Waals surface area contributed by atoms with E-state index >= 15 is 0 Å². The quantitative estimate of drug-likeness (QED) is 0.709. The van der Waals surface area contributed by atoms with E-state index in [4.69, 9.17) is 4.74 Å². The van der Waals surface area contributed by atoms with Crippen LogP contribution in [0.3, 0.4) is 0 Å². The molecule has 29 heavy (non-hydrogen) atoms. The molecule has 2 aliphatic rings. The van der Waals surface area contributed by atoms with Gasteiger partial charge in [0.1, 0.15) is 17.0 Å². The molecule has 0 unspecified atom stereocenters. The maximum atomic E-state index is 13.1. The Kier molecular flexibility index (Phi) is 4.47. The Bertz CT molecular complexity index is 1060. The molecule has 0 saturated carbocycles.